The topological polar surface area (TPSA) is 46.2 Å². The molecule has 52 valence electrons. The van der Waals surface area contributed by atoms with Crippen LogP contribution in [0.1, 0.15) is 19.3 Å². The molecule has 1 rings (SSSR count). The summed E-state index contributed by atoms with van der Waals surface area (Å²) < 4.78 is 0. The SMILES string of the molecule is NC1CCCC=CC1O. The van der Waals surface area contributed by atoms with Crippen molar-refractivity contribution in [3.63, 3.8) is 0 Å². The lowest BCUT2D eigenvalue weighted by atomic mass is 10.1. The van der Waals surface area contributed by atoms with E-state index in [1.807, 2.05) is 6.08 Å². The van der Waals surface area contributed by atoms with E-state index in [0.29, 0.717) is 0 Å². The van der Waals surface area contributed by atoms with Crippen molar-refractivity contribution >= 4 is 0 Å². The van der Waals surface area contributed by atoms with E-state index >= 15 is 0 Å². The maximum atomic E-state index is 9.15. The van der Waals surface area contributed by atoms with E-state index in [2.05, 4.69) is 0 Å². The van der Waals surface area contributed by atoms with Gasteiger partial charge < -0.3 is 10.8 Å². The lowest BCUT2D eigenvalue weighted by molar-refractivity contribution is 0.188. The molecule has 0 saturated carbocycles. The average Bonchev–Trinajstić information content (AvgIpc) is 1.99. The third-order valence-corrected chi connectivity index (χ3v) is 1.68. The molecule has 0 saturated heterocycles. The van der Waals surface area contributed by atoms with Crippen molar-refractivity contribution in [2.45, 2.75) is 31.4 Å². The van der Waals surface area contributed by atoms with Crippen molar-refractivity contribution in [2.24, 2.45) is 5.73 Å². The van der Waals surface area contributed by atoms with Gasteiger partial charge >= 0.3 is 0 Å². The van der Waals surface area contributed by atoms with Gasteiger partial charge in [-0.1, -0.05) is 12.2 Å². The number of aliphatic hydroxyl groups excluding tert-OH is 1. The monoisotopic (exact) mass is 127 g/mol. The molecule has 0 spiro atoms. The number of aliphatic hydroxyl groups is 1. The van der Waals surface area contributed by atoms with E-state index in [1.54, 1.807) is 6.08 Å². The van der Waals surface area contributed by atoms with Gasteiger partial charge in [0.2, 0.25) is 0 Å². The van der Waals surface area contributed by atoms with Crippen LogP contribution in [-0.4, -0.2) is 17.3 Å². The van der Waals surface area contributed by atoms with E-state index in [-0.39, 0.29) is 6.04 Å². The van der Waals surface area contributed by atoms with Crippen LogP contribution in [0, 0.1) is 0 Å². The lowest BCUT2D eigenvalue weighted by Crippen LogP contribution is -2.32. The molecular formula is C7H13NO. The molecule has 2 unspecified atom stereocenters. The summed E-state index contributed by atoms with van der Waals surface area (Å²) in [6.07, 6.45) is 6.48. The van der Waals surface area contributed by atoms with Crippen LogP contribution in [0.15, 0.2) is 12.2 Å². The highest BCUT2D eigenvalue weighted by molar-refractivity contribution is 4.96. The first-order valence-electron chi connectivity index (χ1n) is 3.41. The van der Waals surface area contributed by atoms with Crippen molar-refractivity contribution in [1.29, 1.82) is 0 Å². The normalized spacial score (nSPS) is 36.2. The lowest BCUT2D eigenvalue weighted by Gasteiger charge is -2.11. The van der Waals surface area contributed by atoms with E-state index in [0.717, 1.165) is 19.3 Å². The summed E-state index contributed by atoms with van der Waals surface area (Å²) in [6, 6.07) is -0.0382. The van der Waals surface area contributed by atoms with Gasteiger partial charge in [0.05, 0.1) is 6.10 Å². The molecule has 0 aromatic carbocycles. The zero-order valence-corrected chi connectivity index (χ0v) is 5.46. The van der Waals surface area contributed by atoms with Crippen LogP contribution in [0.2, 0.25) is 0 Å². The zero-order valence-electron chi connectivity index (χ0n) is 5.46. The number of rotatable bonds is 0. The van der Waals surface area contributed by atoms with E-state index in [4.69, 9.17) is 10.8 Å². The van der Waals surface area contributed by atoms with Gasteiger partial charge in [-0.2, -0.15) is 0 Å². The molecule has 9 heavy (non-hydrogen) atoms. The van der Waals surface area contributed by atoms with Crippen LogP contribution in [0.25, 0.3) is 0 Å². The van der Waals surface area contributed by atoms with Gasteiger partial charge in [0, 0.05) is 6.04 Å². The fraction of sp³-hybridized carbons (Fsp3) is 0.714. The Balaban J connectivity index is 2.46. The molecule has 3 N–H and O–H groups in total. The van der Waals surface area contributed by atoms with Crippen LogP contribution < -0.4 is 5.73 Å². The Hall–Kier alpha value is -0.340. The summed E-state index contributed by atoms with van der Waals surface area (Å²) in [4.78, 5) is 0. The quantitative estimate of drug-likeness (QED) is 0.463. The molecule has 0 heterocycles. The van der Waals surface area contributed by atoms with E-state index in [9.17, 15) is 0 Å². The largest absolute Gasteiger partial charge is 0.387 e. The highest BCUT2D eigenvalue weighted by Crippen LogP contribution is 2.09. The molecule has 0 aromatic rings. The number of nitrogens with two attached hydrogens (primary N) is 1. The summed E-state index contributed by atoms with van der Waals surface area (Å²) in [5, 5.41) is 9.15. The Labute approximate surface area is 55.4 Å². The van der Waals surface area contributed by atoms with Crippen LogP contribution in [0.5, 0.6) is 0 Å². The molecule has 2 heteroatoms. The molecule has 0 aliphatic heterocycles. The molecule has 0 fully saturated rings. The fourth-order valence-corrected chi connectivity index (χ4v) is 1.02. The molecule has 2 nitrogen and oxygen atoms in total. The average molecular weight is 127 g/mol. The Kier molecular flexibility index (Phi) is 2.25. The van der Waals surface area contributed by atoms with Crippen molar-refractivity contribution in [3.05, 3.63) is 12.2 Å². The van der Waals surface area contributed by atoms with E-state index < -0.39 is 6.10 Å². The first kappa shape index (κ1) is 6.78. The minimum absolute atomic E-state index is 0.0382. The highest BCUT2D eigenvalue weighted by atomic mass is 16.3. The third kappa shape index (κ3) is 1.80. The van der Waals surface area contributed by atoms with Crippen molar-refractivity contribution in [2.75, 3.05) is 0 Å². The Morgan fingerprint density at radius 2 is 2.33 bits per heavy atom. The smallest absolute Gasteiger partial charge is 0.0871 e. The summed E-state index contributed by atoms with van der Waals surface area (Å²) in [7, 11) is 0. The fourth-order valence-electron chi connectivity index (χ4n) is 1.02. The van der Waals surface area contributed by atoms with Gasteiger partial charge in [-0.3, -0.25) is 0 Å². The summed E-state index contributed by atoms with van der Waals surface area (Å²) in [6.45, 7) is 0. The standard InChI is InChI=1S/C7H13NO/c8-6-4-2-1-3-5-7(6)9/h3,5-7,9H,1-2,4,8H2. The van der Waals surface area contributed by atoms with Crippen LogP contribution in [0.3, 0.4) is 0 Å². The highest BCUT2D eigenvalue weighted by Gasteiger charge is 2.12. The maximum Gasteiger partial charge on any atom is 0.0871 e. The van der Waals surface area contributed by atoms with Gasteiger partial charge in [0.25, 0.3) is 0 Å². The molecule has 0 aromatic heterocycles. The third-order valence-electron chi connectivity index (χ3n) is 1.68. The predicted molar refractivity (Wildman–Crippen MR) is 37.0 cm³/mol. The van der Waals surface area contributed by atoms with Crippen molar-refractivity contribution < 1.29 is 5.11 Å². The van der Waals surface area contributed by atoms with Gasteiger partial charge in [-0.05, 0) is 19.3 Å². The van der Waals surface area contributed by atoms with Crippen molar-refractivity contribution in [1.82, 2.24) is 0 Å². The van der Waals surface area contributed by atoms with Gasteiger partial charge in [-0.15, -0.1) is 0 Å². The molecule has 0 radical (unpaired) electrons. The molecule has 1 aliphatic rings. The van der Waals surface area contributed by atoms with Crippen LogP contribution in [-0.2, 0) is 0 Å². The Morgan fingerprint density at radius 3 is 3.11 bits per heavy atom. The molecule has 0 amide bonds. The van der Waals surface area contributed by atoms with Gasteiger partial charge in [-0.25, -0.2) is 0 Å². The van der Waals surface area contributed by atoms with Crippen molar-refractivity contribution in [3.8, 4) is 0 Å². The van der Waals surface area contributed by atoms with Crippen LogP contribution >= 0.6 is 0 Å². The van der Waals surface area contributed by atoms with E-state index in [1.165, 1.54) is 0 Å². The minimum atomic E-state index is -0.410. The number of allylic oxidation sites excluding steroid dienone is 1. The Morgan fingerprint density at radius 1 is 1.56 bits per heavy atom. The second kappa shape index (κ2) is 2.99. The summed E-state index contributed by atoms with van der Waals surface area (Å²) in [5.74, 6) is 0. The molecular weight excluding hydrogens is 114 g/mol. The van der Waals surface area contributed by atoms with Gasteiger partial charge in [0.1, 0.15) is 0 Å². The molecule has 1 aliphatic carbocycles. The first-order chi connectivity index (χ1) is 4.30. The number of hydrogen-bond acceptors (Lipinski definition) is 2. The second-order valence-electron chi connectivity index (χ2n) is 2.51. The predicted octanol–water partition coefficient (Wildman–Crippen LogP) is 0.415. The van der Waals surface area contributed by atoms with Crippen LogP contribution in [0.4, 0.5) is 0 Å². The maximum absolute atomic E-state index is 9.15. The Bertz CT molecular complexity index is 111. The molecule has 2 atom stereocenters. The summed E-state index contributed by atoms with van der Waals surface area (Å²) >= 11 is 0. The minimum Gasteiger partial charge on any atom is -0.387 e. The number of hydrogen-bond donors (Lipinski definition) is 2. The summed E-state index contributed by atoms with van der Waals surface area (Å²) in [5.41, 5.74) is 5.58. The first-order valence-corrected chi connectivity index (χ1v) is 3.41. The zero-order chi connectivity index (χ0) is 6.69. The van der Waals surface area contributed by atoms with Gasteiger partial charge in [0.15, 0.2) is 0 Å². The second-order valence-corrected chi connectivity index (χ2v) is 2.51. The molecule has 0 bridgehead atoms.